The van der Waals surface area contributed by atoms with E-state index in [1.165, 1.54) is 6.20 Å². The van der Waals surface area contributed by atoms with E-state index in [1.54, 1.807) is 32.2 Å². The number of nitrogens with two attached hydrogens (primary N) is 1. The molecule has 3 aromatic heterocycles. The van der Waals surface area contributed by atoms with Gasteiger partial charge in [-0.25, -0.2) is 19.3 Å². The number of hydrogen-bond donors (Lipinski definition) is 4. The largest absolute Gasteiger partial charge is 0.386 e. The molecule has 0 amide bonds. The Balaban J connectivity index is 1.54. The van der Waals surface area contributed by atoms with Crippen LogP contribution < -0.4 is 11.1 Å². The smallest absolute Gasteiger partial charge is 0.228 e. The van der Waals surface area contributed by atoms with E-state index in [-0.39, 0.29) is 29.1 Å². The maximum atomic E-state index is 14.9. The summed E-state index contributed by atoms with van der Waals surface area (Å²) in [6, 6.07) is 5.43. The first-order valence-corrected chi connectivity index (χ1v) is 12.4. The van der Waals surface area contributed by atoms with Gasteiger partial charge in [-0.15, -0.1) is 0 Å². The molecule has 1 aliphatic heterocycles. The maximum Gasteiger partial charge on any atom is 0.228 e. The third-order valence-corrected chi connectivity index (χ3v) is 9.47. The van der Waals surface area contributed by atoms with E-state index in [0.29, 0.717) is 22.3 Å². The Labute approximate surface area is 196 Å². The molecule has 1 saturated carbocycles. The summed E-state index contributed by atoms with van der Waals surface area (Å²) in [6.07, 6.45) is 5.65. The van der Waals surface area contributed by atoms with Crippen LogP contribution in [0.4, 0.5) is 16.2 Å². The fraction of sp³-hybridized carbons (Fsp3) is 0.364. The zero-order valence-corrected chi connectivity index (χ0v) is 19.3. The molecule has 34 heavy (non-hydrogen) atoms. The minimum absolute atomic E-state index is 0.0320. The van der Waals surface area contributed by atoms with Gasteiger partial charge in [-0.3, -0.25) is 19.1 Å². The number of fused-ring (bicyclic) bond motifs is 1. The molecule has 12 heteroatoms. The Hall–Kier alpha value is -3.40. The number of rotatable bonds is 4. The highest BCUT2D eigenvalue weighted by Gasteiger charge is 2.59. The first kappa shape index (κ1) is 22.4. The fourth-order valence-corrected chi connectivity index (χ4v) is 6.91. The molecule has 1 aliphatic carbocycles. The van der Waals surface area contributed by atoms with Gasteiger partial charge in [0.15, 0.2) is 11.6 Å². The monoisotopic (exact) mass is 482 g/mol. The van der Waals surface area contributed by atoms with Crippen LogP contribution in [0.1, 0.15) is 37.9 Å². The Bertz CT molecular complexity index is 1390. The van der Waals surface area contributed by atoms with Gasteiger partial charge in [-0.2, -0.15) is 15.9 Å². The first-order valence-electron chi connectivity index (χ1n) is 10.6. The molecule has 4 heterocycles. The van der Waals surface area contributed by atoms with Gasteiger partial charge in [-0.05, 0) is 44.7 Å². The third-order valence-electron chi connectivity index (χ3n) is 6.61. The molecule has 10 nitrogen and oxygen atoms in total. The quantitative estimate of drug-likeness (QED) is 0.434. The highest BCUT2D eigenvalue weighted by molar-refractivity contribution is 8.26. The van der Waals surface area contributed by atoms with Crippen molar-refractivity contribution in [1.82, 2.24) is 19.9 Å². The molecule has 0 bridgehead atoms. The van der Waals surface area contributed by atoms with E-state index >= 15 is 0 Å². The summed E-state index contributed by atoms with van der Waals surface area (Å²) in [5, 5.41) is 12.7. The topological polar surface area (TPSA) is 166 Å². The van der Waals surface area contributed by atoms with Crippen molar-refractivity contribution in [3.05, 3.63) is 47.8 Å². The number of aliphatic imine (C=N–C) groups is 1. The molecule has 3 aromatic rings. The van der Waals surface area contributed by atoms with Gasteiger partial charge in [-0.1, -0.05) is 0 Å². The second-order valence-electron chi connectivity index (χ2n) is 9.05. The third kappa shape index (κ3) is 3.44. The minimum Gasteiger partial charge on any atom is -0.386 e. The summed E-state index contributed by atoms with van der Waals surface area (Å²) >= 11 is 0. The van der Waals surface area contributed by atoms with Crippen LogP contribution in [0.15, 0.2) is 35.7 Å². The van der Waals surface area contributed by atoms with E-state index in [1.807, 2.05) is 6.07 Å². The van der Waals surface area contributed by atoms with E-state index in [2.05, 4.69) is 30.2 Å². The van der Waals surface area contributed by atoms with Crippen LogP contribution in [-0.4, -0.2) is 45.4 Å². The lowest BCUT2D eigenvalue weighted by atomic mass is 9.97. The van der Waals surface area contributed by atoms with Gasteiger partial charge in [0.25, 0.3) is 0 Å². The van der Waals surface area contributed by atoms with E-state index in [9.17, 15) is 13.5 Å². The van der Waals surface area contributed by atoms with Crippen LogP contribution in [0.25, 0.3) is 10.9 Å². The fourth-order valence-electron chi connectivity index (χ4n) is 4.47. The van der Waals surface area contributed by atoms with E-state index in [4.69, 9.17) is 11.0 Å². The molecule has 0 aromatic carbocycles. The first-order chi connectivity index (χ1) is 16.1. The molecule has 2 atom stereocenters. The molecule has 5 rings (SSSR count). The van der Waals surface area contributed by atoms with Crippen molar-refractivity contribution in [2.24, 2.45) is 16.6 Å². The van der Waals surface area contributed by atoms with E-state index < -0.39 is 26.7 Å². The average Bonchev–Trinajstić information content (AvgIpc) is 3.64. The van der Waals surface area contributed by atoms with Gasteiger partial charge < -0.3 is 11.1 Å². The number of nitrogens with zero attached hydrogens (tertiary/aromatic N) is 6. The Morgan fingerprint density at radius 3 is 2.68 bits per heavy atom. The molecule has 0 radical (unpaired) electrons. The molecule has 0 spiro atoms. The number of anilines is 2. The van der Waals surface area contributed by atoms with Crippen molar-refractivity contribution in [2.75, 3.05) is 11.1 Å². The van der Waals surface area contributed by atoms with Crippen molar-refractivity contribution in [3.8, 4) is 6.07 Å². The van der Waals surface area contributed by atoms with Crippen LogP contribution in [0.3, 0.4) is 0 Å². The molecular formula is C22H23FN8O2S. The number of aromatic nitrogens is 4. The Morgan fingerprint density at radius 2 is 2.00 bits per heavy atom. The minimum atomic E-state index is -3.24. The summed E-state index contributed by atoms with van der Waals surface area (Å²) in [6.45, 7) is 3.30. The number of nitrogens with one attached hydrogen (secondary N) is 1. The summed E-state index contributed by atoms with van der Waals surface area (Å²) < 4.78 is 36.1. The lowest BCUT2D eigenvalue weighted by molar-refractivity contribution is 0.396. The number of nitriles is 1. The average molecular weight is 483 g/mol. The standard InChI is InChI=1S/C22H23FN8O2S/c1-21(11-34(32,33)22(2,14-3-4-14)19(25)31-21)17-15(23)10-28-20(29-17)30-18-16-13(5-6-26-18)7-12(8-24)9-27-16/h5-7,9-10,14,32-33H,3-4,11H2,1-2H3,(H2,25,31)(H,26,28,29,30)/t21-,22-/m0/s1. The summed E-state index contributed by atoms with van der Waals surface area (Å²) in [5.74, 6) is -0.440. The number of hydrogen-bond acceptors (Lipinski definition) is 10. The summed E-state index contributed by atoms with van der Waals surface area (Å²) in [5.41, 5.74) is 5.66. The summed E-state index contributed by atoms with van der Waals surface area (Å²) in [7, 11) is -3.24. The van der Waals surface area contributed by atoms with E-state index in [0.717, 1.165) is 19.0 Å². The van der Waals surface area contributed by atoms with Gasteiger partial charge in [0.05, 0.1) is 17.5 Å². The summed E-state index contributed by atoms with van der Waals surface area (Å²) in [4.78, 5) is 21.4. The van der Waals surface area contributed by atoms with Crippen LogP contribution in [0, 0.1) is 23.1 Å². The lowest BCUT2D eigenvalue weighted by Gasteiger charge is -2.54. The number of pyridine rings is 2. The van der Waals surface area contributed by atoms with Gasteiger partial charge in [0.2, 0.25) is 5.95 Å². The molecule has 176 valence electrons. The highest BCUT2D eigenvalue weighted by Crippen LogP contribution is 2.66. The molecule has 0 saturated heterocycles. The Kier molecular flexibility index (Phi) is 4.98. The van der Waals surface area contributed by atoms with Crippen LogP contribution in [0.5, 0.6) is 0 Å². The van der Waals surface area contributed by atoms with Crippen LogP contribution in [-0.2, 0) is 5.54 Å². The van der Waals surface area contributed by atoms with Gasteiger partial charge >= 0.3 is 0 Å². The molecular weight excluding hydrogens is 459 g/mol. The van der Waals surface area contributed by atoms with Crippen molar-refractivity contribution in [2.45, 2.75) is 37.0 Å². The molecule has 1 fully saturated rings. The normalized spacial score (nSPS) is 27.0. The highest BCUT2D eigenvalue weighted by atomic mass is 32.3. The molecule has 0 unspecified atom stereocenters. The predicted octanol–water partition coefficient (Wildman–Crippen LogP) is 3.68. The van der Waals surface area contributed by atoms with Crippen LogP contribution >= 0.6 is 10.6 Å². The SMILES string of the molecule is C[C@@]1(c2nc(Nc3nccc4cc(C#N)cnc34)ncc2F)CS(O)(O)[C@@](C)(C2CC2)C(N)=N1. The molecule has 2 aliphatic rings. The molecule has 5 N–H and O–H groups in total. The zero-order chi connectivity index (χ0) is 24.3. The Morgan fingerprint density at radius 1 is 1.24 bits per heavy atom. The van der Waals surface area contributed by atoms with Gasteiger partial charge in [0.1, 0.15) is 33.4 Å². The lowest BCUT2D eigenvalue weighted by Crippen LogP contribution is -2.55. The zero-order valence-electron chi connectivity index (χ0n) is 18.5. The van der Waals surface area contributed by atoms with Crippen LogP contribution in [0.2, 0.25) is 0 Å². The van der Waals surface area contributed by atoms with Gasteiger partial charge in [0, 0.05) is 17.8 Å². The van der Waals surface area contributed by atoms with Crippen molar-refractivity contribution < 1.29 is 13.5 Å². The number of amidine groups is 1. The van der Waals surface area contributed by atoms with Crippen molar-refractivity contribution in [3.63, 3.8) is 0 Å². The second-order valence-corrected chi connectivity index (χ2v) is 11.5. The maximum absolute atomic E-state index is 14.9. The van der Waals surface area contributed by atoms with Crippen molar-refractivity contribution in [1.29, 1.82) is 5.26 Å². The predicted molar refractivity (Wildman–Crippen MR) is 127 cm³/mol. The van der Waals surface area contributed by atoms with Crippen molar-refractivity contribution >= 4 is 39.1 Å². The number of halogens is 1. The second kappa shape index (κ2) is 7.56.